The minimum Gasteiger partial charge on any atom is -0.497 e. The summed E-state index contributed by atoms with van der Waals surface area (Å²) >= 11 is 6.37. The van der Waals surface area contributed by atoms with E-state index in [9.17, 15) is 14.7 Å². The average Bonchev–Trinajstić information content (AvgIpc) is 2.57. The monoisotopic (exact) mass is 347 g/mol. The summed E-state index contributed by atoms with van der Waals surface area (Å²) < 4.78 is 11.9. The molecular formula is C17H14ClNO5. The number of hydrogen-bond acceptors (Lipinski definition) is 4. The molecule has 24 heavy (non-hydrogen) atoms. The van der Waals surface area contributed by atoms with E-state index in [-0.39, 0.29) is 17.0 Å². The number of nitrogens with zero attached hydrogens (tertiary/aromatic N) is 1. The minimum absolute atomic E-state index is 0.193. The van der Waals surface area contributed by atoms with Crippen LogP contribution in [0.4, 0.5) is 0 Å². The number of methoxy groups -OCH3 is 2. The Morgan fingerprint density at radius 2 is 1.88 bits per heavy atom. The van der Waals surface area contributed by atoms with Gasteiger partial charge in [0.2, 0.25) is 0 Å². The van der Waals surface area contributed by atoms with Crippen molar-refractivity contribution < 1.29 is 19.4 Å². The van der Waals surface area contributed by atoms with Crippen LogP contribution in [-0.4, -0.2) is 29.9 Å². The van der Waals surface area contributed by atoms with Crippen molar-refractivity contribution in [2.45, 2.75) is 6.54 Å². The van der Waals surface area contributed by atoms with Gasteiger partial charge in [0.05, 0.1) is 25.3 Å². The van der Waals surface area contributed by atoms with E-state index in [1.807, 2.05) is 0 Å². The van der Waals surface area contributed by atoms with Crippen molar-refractivity contribution in [3.8, 4) is 11.5 Å². The van der Waals surface area contributed by atoms with Gasteiger partial charge in [0, 0.05) is 16.8 Å². The van der Waals surface area contributed by atoms with Crippen LogP contribution in [0.3, 0.4) is 0 Å². The third-order valence-electron chi connectivity index (χ3n) is 3.85. The van der Waals surface area contributed by atoms with E-state index in [1.165, 1.54) is 18.8 Å². The summed E-state index contributed by atoms with van der Waals surface area (Å²) in [5, 5.41) is 10.2. The fourth-order valence-electron chi connectivity index (χ4n) is 2.77. The molecule has 0 spiro atoms. The van der Waals surface area contributed by atoms with Crippen LogP contribution in [0.1, 0.15) is 0 Å². The van der Waals surface area contributed by atoms with E-state index in [0.29, 0.717) is 33.3 Å². The van der Waals surface area contributed by atoms with E-state index in [1.54, 1.807) is 30.3 Å². The number of carboxylic acid groups (broad SMARTS) is 1. The molecule has 124 valence electrons. The first-order valence-corrected chi connectivity index (χ1v) is 7.44. The highest BCUT2D eigenvalue weighted by Gasteiger charge is 2.18. The Morgan fingerprint density at radius 3 is 2.50 bits per heavy atom. The van der Waals surface area contributed by atoms with Gasteiger partial charge in [-0.1, -0.05) is 11.6 Å². The number of benzene rings is 2. The second-order valence-corrected chi connectivity index (χ2v) is 5.55. The van der Waals surface area contributed by atoms with Gasteiger partial charge < -0.3 is 19.1 Å². The molecule has 0 amide bonds. The van der Waals surface area contributed by atoms with Gasteiger partial charge in [-0.2, -0.15) is 0 Å². The summed E-state index contributed by atoms with van der Waals surface area (Å²) in [5.41, 5.74) is 0.530. The highest BCUT2D eigenvalue weighted by Crippen LogP contribution is 2.34. The number of carboxylic acids is 1. The van der Waals surface area contributed by atoms with Crippen LogP contribution in [0.15, 0.2) is 35.1 Å². The van der Waals surface area contributed by atoms with Crippen molar-refractivity contribution in [1.82, 2.24) is 4.57 Å². The molecule has 0 unspecified atom stereocenters. The average molecular weight is 348 g/mol. The molecule has 1 heterocycles. The summed E-state index contributed by atoms with van der Waals surface area (Å²) in [6.07, 6.45) is 0. The Hall–Kier alpha value is -2.73. The van der Waals surface area contributed by atoms with Crippen LogP contribution in [0.25, 0.3) is 21.8 Å². The molecule has 3 aromatic rings. The van der Waals surface area contributed by atoms with Crippen molar-refractivity contribution in [3.05, 3.63) is 45.6 Å². The van der Waals surface area contributed by atoms with Crippen LogP contribution in [0.2, 0.25) is 5.02 Å². The molecule has 0 radical (unpaired) electrons. The number of fused-ring (bicyclic) bond motifs is 2. The van der Waals surface area contributed by atoms with Crippen molar-refractivity contribution in [2.24, 2.45) is 0 Å². The zero-order chi connectivity index (χ0) is 17.4. The maximum Gasteiger partial charge on any atom is 0.323 e. The number of ether oxygens (including phenoxy) is 2. The predicted octanol–water partition coefficient (Wildman–Crippen LogP) is 2.91. The maximum absolute atomic E-state index is 12.8. The molecule has 0 saturated carbocycles. The van der Waals surface area contributed by atoms with Crippen LogP contribution in [0, 0.1) is 0 Å². The summed E-state index contributed by atoms with van der Waals surface area (Å²) in [6, 6.07) is 8.07. The number of rotatable bonds is 4. The first kappa shape index (κ1) is 16.1. The number of aliphatic carboxylic acids is 1. The highest BCUT2D eigenvalue weighted by molar-refractivity contribution is 6.36. The van der Waals surface area contributed by atoms with Gasteiger partial charge >= 0.3 is 5.97 Å². The lowest BCUT2D eigenvalue weighted by atomic mass is 10.1. The molecular weight excluding hydrogens is 334 g/mol. The van der Waals surface area contributed by atoms with Crippen molar-refractivity contribution >= 4 is 39.4 Å². The quantitative estimate of drug-likeness (QED) is 0.734. The minimum atomic E-state index is -1.05. The molecule has 3 rings (SSSR count). The predicted molar refractivity (Wildman–Crippen MR) is 91.5 cm³/mol. The molecule has 1 N–H and O–H groups in total. The number of halogens is 1. The van der Waals surface area contributed by atoms with Gasteiger partial charge in [0.1, 0.15) is 23.1 Å². The summed E-state index contributed by atoms with van der Waals surface area (Å²) in [4.78, 5) is 24.1. The Balaban J connectivity index is 2.58. The standard InChI is InChI=1S/C17H14ClNO5/c1-23-9-3-4-10-12(7-9)19(8-14(20)21)16-11(17(10)22)5-6-13(24-2)15(16)18/h3-7H,8H2,1-2H3,(H,20,21). The molecule has 2 aromatic carbocycles. The van der Waals surface area contributed by atoms with Crippen molar-refractivity contribution in [2.75, 3.05) is 14.2 Å². The largest absolute Gasteiger partial charge is 0.497 e. The van der Waals surface area contributed by atoms with E-state index < -0.39 is 5.97 Å². The molecule has 0 bridgehead atoms. The normalized spacial score (nSPS) is 11.0. The van der Waals surface area contributed by atoms with Gasteiger partial charge in [0.15, 0.2) is 5.43 Å². The smallest absolute Gasteiger partial charge is 0.323 e. The second-order valence-electron chi connectivity index (χ2n) is 5.17. The summed E-state index contributed by atoms with van der Waals surface area (Å²) in [5.74, 6) is -0.174. The van der Waals surface area contributed by atoms with Crippen LogP contribution in [0.5, 0.6) is 11.5 Å². The Bertz CT molecular complexity index is 1030. The number of aromatic nitrogens is 1. The third kappa shape index (κ3) is 2.45. The zero-order valence-corrected chi connectivity index (χ0v) is 13.8. The molecule has 0 aliphatic rings. The molecule has 1 aromatic heterocycles. The van der Waals surface area contributed by atoms with Gasteiger partial charge in [0.25, 0.3) is 0 Å². The van der Waals surface area contributed by atoms with E-state index in [4.69, 9.17) is 21.1 Å². The number of hydrogen-bond donors (Lipinski definition) is 1. The molecule has 0 atom stereocenters. The summed E-state index contributed by atoms with van der Waals surface area (Å²) in [6.45, 7) is -0.354. The van der Waals surface area contributed by atoms with E-state index in [2.05, 4.69) is 0 Å². The molecule has 6 nitrogen and oxygen atoms in total. The zero-order valence-electron chi connectivity index (χ0n) is 13.0. The fraction of sp³-hybridized carbons (Fsp3) is 0.176. The Labute approximate surface area is 141 Å². The van der Waals surface area contributed by atoms with Gasteiger partial charge in [-0.3, -0.25) is 9.59 Å². The molecule has 0 aliphatic heterocycles. The fourth-order valence-corrected chi connectivity index (χ4v) is 3.11. The topological polar surface area (TPSA) is 77.8 Å². The lowest BCUT2D eigenvalue weighted by Gasteiger charge is -2.16. The maximum atomic E-state index is 12.8. The number of pyridine rings is 1. The number of carbonyl (C=O) groups is 1. The molecule has 0 saturated heterocycles. The SMILES string of the molecule is COc1ccc2c(=O)c3ccc(OC)c(Cl)c3n(CC(=O)O)c2c1. The third-order valence-corrected chi connectivity index (χ3v) is 4.21. The first-order valence-electron chi connectivity index (χ1n) is 7.06. The van der Waals surface area contributed by atoms with Crippen molar-refractivity contribution in [1.29, 1.82) is 0 Å². The van der Waals surface area contributed by atoms with Crippen LogP contribution >= 0.6 is 11.6 Å². The highest BCUT2D eigenvalue weighted by atomic mass is 35.5. The first-order chi connectivity index (χ1) is 11.5. The van der Waals surface area contributed by atoms with E-state index >= 15 is 0 Å². The van der Waals surface area contributed by atoms with Crippen LogP contribution in [-0.2, 0) is 11.3 Å². The lowest BCUT2D eigenvalue weighted by molar-refractivity contribution is -0.137. The molecule has 0 aliphatic carbocycles. The Kier molecular flexibility index (Phi) is 4.07. The van der Waals surface area contributed by atoms with E-state index in [0.717, 1.165) is 0 Å². The summed E-state index contributed by atoms with van der Waals surface area (Å²) in [7, 11) is 2.95. The molecule has 7 heteroatoms. The molecule has 0 fully saturated rings. The van der Waals surface area contributed by atoms with Crippen LogP contribution < -0.4 is 14.9 Å². The second kappa shape index (κ2) is 6.05. The van der Waals surface area contributed by atoms with Gasteiger partial charge in [-0.25, -0.2) is 0 Å². The van der Waals surface area contributed by atoms with Gasteiger partial charge in [-0.05, 0) is 24.3 Å². The van der Waals surface area contributed by atoms with Crippen molar-refractivity contribution in [3.63, 3.8) is 0 Å². The Morgan fingerprint density at radius 1 is 1.17 bits per heavy atom. The van der Waals surface area contributed by atoms with Gasteiger partial charge in [-0.15, -0.1) is 0 Å². The lowest BCUT2D eigenvalue weighted by Crippen LogP contribution is -2.16.